The molecular weight excluding hydrogens is 322 g/mol. The molecule has 0 bridgehead atoms. The van der Waals surface area contributed by atoms with E-state index in [9.17, 15) is 14.4 Å². The molecule has 1 saturated heterocycles. The number of carbonyl (C=O) groups excluding carboxylic acids is 3. The summed E-state index contributed by atoms with van der Waals surface area (Å²) >= 11 is 0. The summed E-state index contributed by atoms with van der Waals surface area (Å²) in [5, 5.41) is 5.76. The number of carbonyl (C=O) groups is 3. The maximum atomic E-state index is 12.5. The second-order valence-corrected chi connectivity index (χ2v) is 5.94. The summed E-state index contributed by atoms with van der Waals surface area (Å²) in [7, 11) is 0. The quantitative estimate of drug-likeness (QED) is 0.478. The van der Waals surface area contributed by atoms with E-state index in [1.54, 1.807) is 29.2 Å². The van der Waals surface area contributed by atoms with Gasteiger partial charge in [0.25, 0.3) is 5.91 Å². The zero-order valence-electron chi connectivity index (χ0n) is 14.2. The van der Waals surface area contributed by atoms with Crippen molar-refractivity contribution in [3.63, 3.8) is 0 Å². The number of hydrogen-bond donors (Lipinski definition) is 4. The van der Waals surface area contributed by atoms with Crippen molar-refractivity contribution in [3.05, 3.63) is 29.8 Å². The van der Waals surface area contributed by atoms with Gasteiger partial charge in [-0.3, -0.25) is 14.4 Å². The van der Waals surface area contributed by atoms with Gasteiger partial charge < -0.3 is 27.0 Å². The van der Waals surface area contributed by atoms with Crippen LogP contribution in [0, 0.1) is 0 Å². The molecule has 0 spiro atoms. The molecule has 1 fully saturated rings. The lowest BCUT2D eigenvalue weighted by Crippen LogP contribution is -2.47. The second kappa shape index (κ2) is 9.03. The van der Waals surface area contributed by atoms with Crippen molar-refractivity contribution in [1.29, 1.82) is 0 Å². The lowest BCUT2D eigenvalue weighted by atomic mass is 10.1. The van der Waals surface area contributed by atoms with E-state index in [1.807, 2.05) is 0 Å². The van der Waals surface area contributed by atoms with Gasteiger partial charge in [-0.15, -0.1) is 0 Å². The Bertz CT molecular complexity index is 634. The maximum absolute atomic E-state index is 12.5. The minimum absolute atomic E-state index is 0.00310. The number of para-hydroxylation sites is 1. The van der Waals surface area contributed by atoms with Crippen LogP contribution in [0.3, 0.4) is 0 Å². The van der Waals surface area contributed by atoms with Crippen LogP contribution in [0.4, 0.5) is 5.69 Å². The molecule has 0 aliphatic carbocycles. The highest BCUT2D eigenvalue weighted by atomic mass is 16.2. The molecule has 1 atom stereocenters. The molecule has 6 N–H and O–H groups in total. The van der Waals surface area contributed by atoms with E-state index in [-0.39, 0.29) is 18.4 Å². The number of likely N-dealkylation sites (tertiary alicyclic amines) is 1. The third-order valence-electron chi connectivity index (χ3n) is 4.18. The highest BCUT2D eigenvalue weighted by molar-refractivity contribution is 5.99. The summed E-state index contributed by atoms with van der Waals surface area (Å²) in [6.07, 6.45) is 2.15. The van der Waals surface area contributed by atoms with E-state index >= 15 is 0 Å². The number of rotatable bonds is 8. The Morgan fingerprint density at radius 1 is 1.24 bits per heavy atom. The molecule has 8 nitrogen and oxygen atoms in total. The number of nitrogens with zero attached hydrogens (tertiary/aromatic N) is 1. The SMILES string of the molecule is NCCCNC(=O)C1CCCN1C(=O)CNc1ccccc1C(N)=O. The van der Waals surface area contributed by atoms with Gasteiger partial charge in [0.2, 0.25) is 11.8 Å². The molecular formula is C17H25N5O3. The summed E-state index contributed by atoms with van der Waals surface area (Å²) in [5.74, 6) is -0.888. The number of anilines is 1. The zero-order valence-corrected chi connectivity index (χ0v) is 14.2. The Kier molecular flexibility index (Phi) is 6.76. The number of amides is 3. The van der Waals surface area contributed by atoms with Gasteiger partial charge in [0.15, 0.2) is 0 Å². The maximum Gasteiger partial charge on any atom is 0.250 e. The fourth-order valence-electron chi connectivity index (χ4n) is 2.89. The van der Waals surface area contributed by atoms with Crippen molar-refractivity contribution < 1.29 is 14.4 Å². The normalized spacial score (nSPS) is 16.5. The van der Waals surface area contributed by atoms with Gasteiger partial charge >= 0.3 is 0 Å². The van der Waals surface area contributed by atoms with E-state index in [1.165, 1.54) is 0 Å². The summed E-state index contributed by atoms with van der Waals surface area (Å²) in [6, 6.07) is 6.30. The van der Waals surface area contributed by atoms with E-state index in [4.69, 9.17) is 11.5 Å². The smallest absolute Gasteiger partial charge is 0.250 e. The van der Waals surface area contributed by atoms with Gasteiger partial charge in [0, 0.05) is 18.8 Å². The van der Waals surface area contributed by atoms with Crippen LogP contribution in [-0.4, -0.2) is 54.8 Å². The number of hydrogen-bond acceptors (Lipinski definition) is 5. The van der Waals surface area contributed by atoms with E-state index in [2.05, 4.69) is 10.6 Å². The average molecular weight is 347 g/mol. The van der Waals surface area contributed by atoms with Crippen LogP contribution in [0.1, 0.15) is 29.6 Å². The molecule has 1 aromatic carbocycles. The summed E-state index contributed by atoms with van der Waals surface area (Å²) in [5.41, 5.74) is 11.6. The van der Waals surface area contributed by atoms with Crippen LogP contribution in [0.2, 0.25) is 0 Å². The number of primary amides is 1. The molecule has 1 heterocycles. The molecule has 1 aliphatic heterocycles. The molecule has 1 unspecified atom stereocenters. The first-order chi connectivity index (χ1) is 12.0. The van der Waals surface area contributed by atoms with E-state index < -0.39 is 11.9 Å². The Labute approximate surface area is 146 Å². The van der Waals surface area contributed by atoms with Crippen LogP contribution in [0.5, 0.6) is 0 Å². The molecule has 0 radical (unpaired) electrons. The first kappa shape index (κ1) is 18.7. The highest BCUT2D eigenvalue weighted by Crippen LogP contribution is 2.19. The van der Waals surface area contributed by atoms with Gasteiger partial charge in [-0.25, -0.2) is 0 Å². The number of nitrogens with one attached hydrogen (secondary N) is 2. The molecule has 25 heavy (non-hydrogen) atoms. The van der Waals surface area contributed by atoms with Crippen molar-refractivity contribution in [2.45, 2.75) is 25.3 Å². The molecule has 1 aromatic rings. The highest BCUT2D eigenvalue weighted by Gasteiger charge is 2.33. The lowest BCUT2D eigenvalue weighted by molar-refractivity contribution is -0.137. The Morgan fingerprint density at radius 2 is 2.00 bits per heavy atom. The monoisotopic (exact) mass is 347 g/mol. The second-order valence-electron chi connectivity index (χ2n) is 5.94. The van der Waals surface area contributed by atoms with Gasteiger partial charge in [-0.2, -0.15) is 0 Å². The van der Waals surface area contributed by atoms with Crippen LogP contribution in [0.25, 0.3) is 0 Å². The average Bonchev–Trinajstić information content (AvgIpc) is 3.10. The lowest BCUT2D eigenvalue weighted by Gasteiger charge is -2.24. The fraction of sp³-hybridized carbons (Fsp3) is 0.471. The van der Waals surface area contributed by atoms with Crippen molar-refractivity contribution in [2.75, 3.05) is 31.5 Å². The number of benzene rings is 1. The van der Waals surface area contributed by atoms with Gasteiger partial charge in [0.05, 0.1) is 12.1 Å². The minimum Gasteiger partial charge on any atom is -0.376 e. The third kappa shape index (κ3) is 4.93. The topological polar surface area (TPSA) is 131 Å². The Hall–Kier alpha value is -2.61. The summed E-state index contributed by atoms with van der Waals surface area (Å²) in [6.45, 7) is 1.57. The third-order valence-corrected chi connectivity index (χ3v) is 4.18. The fourth-order valence-corrected chi connectivity index (χ4v) is 2.89. The zero-order chi connectivity index (χ0) is 18.2. The Morgan fingerprint density at radius 3 is 2.72 bits per heavy atom. The first-order valence-corrected chi connectivity index (χ1v) is 8.44. The van der Waals surface area contributed by atoms with Crippen molar-refractivity contribution >= 4 is 23.4 Å². The van der Waals surface area contributed by atoms with E-state index in [0.29, 0.717) is 43.7 Å². The molecule has 0 saturated carbocycles. The first-order valence-electron chi connectivity index (χ1n) is 8.44. The number of nitrogens with two attached hydrogens (primary N) is 2. The van der Waals surface area contributed by atoms with Crippen LogP contribution in [0.15, 0.2) is 24.3 Å². The van der Waals surface area contributed by atoms with Crippen LogP contribution < -0.4 is 22.1 Å². The van der Waals surface area contributed by atoms with Gasteiger partial charge in [0.1, 0.15) is 6.04 Å². The predicted molar refractivity (Wildman–Crippen MR) is 94.9 cm³/mol. The molecule has 8 heteroatoms. The molecule has 136 valence electrons. The Balaban J connectivity index is 1.93. The minimum atomic E-state index is -0.561. The van der Waals surface area contributed by atoms with Gasteiger partial charge in [-0.1, -0.05) is 12.1 Å². The van der Waals surface area contributed by atoms with Crippen molar-refractivity contribution in [1.82, 2.24) is 10.2 Å². The molecule has 2 rings (SSSR count). The van der Waals surface area contributed by atoms with E-state index in [0.717, 1.165) is 6.42 Å². The van der Waals surface area contributed by atoms with Crippen molar-refractivity contribution in [2.24, 2.45) is 11.5 Å². The predicted octanol–water partition coefficient (Wildman–Crippen LogP) is -0.347. The molecule has 3 amide bonds. The van der Waals surface area contributed by atoms with Crippen molar-refractivity contribution in [3.8, 4) is 0 Å². The summed E-state index contributed by atoms with van der Waals surface area (Å²) in [4.78, 5) is 37.7. The van der Waals surface area contributed by atoms with Crippen LogP contribution >= 0.6 is 0 Å². The summed E-state index contributed by atoms with van der Waals surface area (Å²) < 4.78 is 0. The van der Waals surface area contributed by atoms with Gasteiger partial charge in [-0.05, 0) is 37.9 Å². The molecule has 0 aromatic heterocycles. The van der Waals surface area contributed by atoms with Crippen LogP contribution in [-0.2, 0) is 9.59 Å². The molecule has 1 aliphatic rings. The largest absolute Gasteiger partial charge is 0.376 e. The standard InChI is InChI=1S/C17H25N5O3/c18-8-4-9-20-17(25)14-7-3-10-22(14)15(23)11-21-13-6-2-1-5-12(13)16(19)24/h1-2,5-6,14,21H,3-4,7-11,18H2,(H2,19,24)(H,20,25).